The van der Waals surface area contributed by atoms with Crippen LogP contribution in [-0.4, -0.2) is 311 Å². The number of phenolic OH excluding ortho intramolecular Hbond substituents is 2. The van der Waals surface area contributed by atoms with E-state index in [2.05, 4.69) is 85.1 Å². The van der Waals surface area contributed by atoms with E-state index in [4.69, 9.17) is 5.73 Å². The summed E-state index contributed by atoms with van der Waals surface area (Å²) >= 11 is 0.801. The van der Waals surface area contributed by atoms with E-state index in [-0.39, 0.29) is 67.6 Å². The van der Waals surface area contributed by atoms with Gasteiger partial charge in [-0.25, -0.2) is 4.79 Å². The van der Waals surface area contributed by atoms with Crippen molar-refractivity contribution in [3.05, 3.63) is 95.6 Å². The highest BCUT2D eigenvalue weighted by atomic mass is 32.2. The summed E-state index contributed by atoms with van der Waals surface area (Å²) in [6.45, 7) is 6.57. The first-order chi connectivity index (χ1) is 61.9. The molecule has 1 heterocycles. The van der Waals surface area contributed by atoms with E-state index >= 15 is 0 Å². The van der Waals surface area contributed by atoms with Gasteiger partial charge in [0.25, 0.3) is 5.24 Å². The van der Waals surface area contributed by atoms with Crippen LogP contribution in [0, 0.1) is 11.8 Å². The van der Waals surface area contributed by atoms with Crippen LogP contribution in [0.15, 0.2) is 78.9 Å². The van der Waals surface area contributed by atoms with Gasteiger partial charge in [0.1, 0.15) is 84.0 Å². The topological polar surface area (TPSA) is 745 Å². The van der Waals surface area contributed by atoms with Crippen LogP contribution < -0.4 is 90.8 Å². The molecular formula is C83H120N18O29S. The predicted octanol–water partition coefficient (Wildman–Crippen LogP) is -6.27. The van der Waals surface area contributed by atoms with Gasteiger partial charge in [-0.2, -0.15) is 0 Å². The Hall–Kier alpha value is -13.2. The Labute approximate surface area is 757 Å². The van der Waals surface area contributed by atoms with Gasteiger partial charge in [0, 0.05) is 57.8 Å². The average Bonchev–Trinajstić information content (AvgIpc) is 1.01. The van der Waals surface area contributed by atoms with Gasteiger partial charge in [0.15, 0.2) is 0 Å². The summed E-state index contributed by atoms with van der Waals surface area (Å²) in [5.41, 5.74) is 6.47. The van der Waals surface area contributed by atoms with E-state index < -0.39 is 279 Å². The van der Waals surface area contributed by atoms with Crippen molar-refractivity contribution >= 4 is 130 Å². The first-order valence-electron chi connectivity index (χ1n) is 42.1. The molecule has 1 fully saturated rings. The summed E-state index contributed by atoms with van der Waals surface area (Å²) in [6, 6.07) is -5.23. The van der Waals surface area contributed by atoms with E-state index in [0.717, 1.165) is 30.5 Å². The van der Waals surface area contributed by atoms with E-state index in [1.54, 1.807) is 45.9 Å². The Morgan fingerprint density at radius 3 is 1.30 bits per heavy atom. The number of urea groups is 1. The van der Waals surface area contributed by atoms with Crippen LogP contribution in [0.5, 0.6) is 11.5 Å². The first kappa shape index (κ1) is 110. The standard InChI is InChI=1S/C83H120N18O29S/c1-8-43(4)67(79(126)94-55(35-49-19-23-51(107)24-20-49)73(120)90-53(32-42(2)3)72(119)92-57(36-65(113)114)71(118)88-44(5)14-12-13-28-84)99-78(125)60(40-103)96-74(121)54(34-48-17-21-50(106)22-18-48)91-75(122)58(37-66(115)116)93-77(124)59(39-102)97-81(128)69(46(7)105)100-76(123)56(33-47-15-10-9-11-16-47)95-80(127)68(45(6)104)98-62(109)38-87-70(117)52(25-26-64(111)112)89-61(108)27-29-85-82(129)86-30-31-101-63(110)41-131-83(101)130/h9-11,15-24,42-46,52-60,67-69,102-107H,8,12-14,25-41,84H2,1-7H3,(H,87,117)(H,88,118)(H,89,108)(H,90,120)(H,91,122)(H,92,119)(H,93,124)(H,94,126)(H,95,127)(H,96,121)(H,97,128)(H,98,109)(H,99,125)(H,100,123)(H,111,112)(H,113,114)(H,115,116)(H2,85,86,129)/t43-,44+,45+,46+,52-,53-,54-,55-,56-,57-,58-,59-,60-,67-,68-,69-/m0/s1. The molecule has 722 valence electrons. The van der Waals surface area contributed by atoms with Gasteiger partial charge >= 0.3 is 23.9 Å². The number of amides is 18. The number of aliphatic hydroxyl groups excluding tert-OH is 4. The van der Waals surface area contributed by atoms with E-state index in [1.165, 1.54) is 67.6 Å². The Morgan fingerprint density at radius 1 is 0.420 bits per heavy atom. The number of hydrogen-bond donors (Lipinski definition) is 26. The molecule has 1 aliphatic rings. The molecule has 0 bridgehead atoms. The summed E-state index contributed by atoms with van der Waals surface area (Å²) in [6.07, 6.45) is -6.95. The number of nitrogens with two attached hydrogens (primary N) is 1. The number of hydrogen-bond acceptors (Lipinski definition) is 28. The number of benzene rings is 3. The molecule has 0 aliphatic carbocycles. The molecule has 0 spiro atoms. The number of phenols is 2. The van der Waals surface area contributed by atoms with E-state index in [0.29, 0.717) is 36.9 Å². The smallest absolute Gasteiger partial charge is 0.314 e. The lowest BCUT2D eigenvalue weighted by Gasteiger charge is -2.30. The molecule has 16 atom stereocenters. The molecule has 27 N–H and O–H groups in total. The number of aromatic hydroxyl groups is 2. The lowest BCUT2D eigenvalue weighted by atomic mass is 9.96. The molecule has 3 aromatic carbocycles. The number of carbonyl (C=O) groups is 20. The summed E-state index contributed by atoms with van der Waals surface area (Å²) < 4.78 is 0. The number of unbranched alkanes of at least 4 members (excludes halogenated alkanes) is 1. The van der Waals surface area contributed by atoms with Crippen molar-refractivity contribution < 1.29 is 142 Å². The molecule has 48 heteroatoms. The van der Waals surface area contributed by atoms with Crippen molar-refractivity contribution in [3.8, 4) is 11.5 Å². The van der Waals surface area contributed by atoms with Crippen molar-refractivity contribution in [2.45, 2.75) is 223 Å². The lowest BCUT2D eigenvalue weighted by molar-refractivity contribution is -0.142. The van der Waals surface area contributed by atoms with Gasteiger partial charge in [0.05, 0.1) is 50.6 Å². The van der Waals surface area contributed by atoms with Crippen LogP contribution in [0.2, 0.25) is 0 Å². The van der Waals surface area contributed by atoms with Gasteiger partial charge in [0.2, 0.25) is 88.6 Å². The van der Waals surface area contributed by atoms with Crippen molar-refractivity contribution in [1.82, 2.24) is 90.0 Å². The number of carboxylic acid groups (broad SMARTS) is 3. The van der Waals surface area contributed by atoms with Gasteiger partial charge in [-0.15, -0.1) is 0 Å². The average molecular weight is 1870 g/mol. The fourth-order valence-electron chi connectivity index (χ4n) is 12.8. The van der Waals surface area contributed by atoms with Crippen LogP contribution in [0.25, 0.3) is 0 Å². The number of aliphatic carboxylic acids is 3. The molecule has 131 heavy (non-hydrogen) atoms. The third kappa shape index (κ3) is 39.8. The molecule has 18 amide bonds. The highest BCUT2D eigenvalue weighted by molar-refractivity contribution is 8.14. The molecule has 1 aliphatic heterocycles. The predicted molar refractivity (Wildman–Crippen MR) is 464 cm³/mol. The third-order valence-corrected chi connectivity index (χ3v) is 21.0. The quantitative estimate of drug-likeness (QED) is 0.0234. The Bertz CT molecular complexity index is 4420. The normalized spacial score (nSPS) is 15.4. The monoisotopic (exact) mass is 1860 g/mol. The summed E-state index contributed by atoms with van der Waals surface area (Å²) in [5.74, 6) is -23.1. The molecule has 3 aromatic rings. The minimum Gasteiger partial charge on any atom is -0.508 e. The Balaban J connectivity index is 1.53. The van der Waals surface area contributed by atoms with Crippen LogP contribution in [-0.2, 0) is 106 Å². The lowest BCUT2D eigenvalue weighted by Crippen LogP contribution is -2.63. The van der Waals surface area contributed by atoms with Gasteiger partial charge in [-0.3, -0.25) is 96.0 Å². The number of nitrogens with one attached hydrogen (secondary N) is 16. The molecule has 4 rings (SSSR count). The molecule has 0 saturated carbocycles. The number of imide groups is 1. The SMILES string of the molecule is CC[C@H](C)[C@H](NC(=O)[C@H](CO)NC(=O)[C@H](Cc1ccc(O)cc1)NC(=O)[C@H](CC(=O)O)NC(=O)[C@H](CO)NC(=O)[C@@H](NC(=O)[C@H](Cc1ccccc1)NC(=O)[C@@H](NC(=O)CNC(=O)[C@H](CCC(=O)O)NC(=O)CCNC(=O)NCCN1C(=O)CSC1=O)[C@@H](C)O)[C@@H](C)O)C(=O)N[C@@H](Cc1ccc(O)cc1)C(=O)N[C@@H](CC(C)C)C(=O)N[C@@H](CC(=O)O)C(=O)N[C@H](C)CCCCN. The molecule has 47 nitrogen and oxygen atoms in total. The molecule has 0 unspecified atom stereocenters. The Kier molecular flexibility index (Phi) is 47.3. The maximum Gasteiger partial charge on any atom is 0.314 e. The van der Waals surface area contributed by atoms with Crippen molar-refractivity contribution in [2.75, 3.05) is 51.7 Å². The highest BCUT2D eigenvalue weighted by Crippen LogP contribution is 2.20. The minimum atomic E-state index is -2.23. The van der Waals surface area contributed by atoms with Gasteiger partial charge in [-0.05, 0) is 106 Å². The van der Waals surface area contributed by atoms with Crippen LogP contribution in [0.3, 0.4) is 0 Å². The second-order valence-electron chi connectivity index (χ2n) is 31.5. The minimum absolute atomic E-state index is 0.0385. The third-order valence-electron chi connectivity index (χ3n) is 20.2. The Morgan fingerprint density at radius 2 is 0.832 bits per heavy atom. The van der Waals surface area contributed by atoms with Crippen molar-refractivity contribution in [2.24, 2.45) is 17.6 Å². The number of carbonyl (C=O) groups excluding carboxylic acids is 17. The largest absolute Gasteiger partial charge is 0.508 e. The van der Waals surface area contributed by atoms with Crippen molar-refractivity contribution in [3.63, 3.8) is 0 Å². The van der Waals surface area contributed by atoms with Gasteiger partial charge < -0.3 is 137 Å². The maximum atomic E-state index is 14.7. The highest BCUT2D eigenvalue weighted by Gasteiger charge is 2.41. The summed E-state index contributed by atoms with van der Waals surface area (Å²) in [7, 11) is 0. The maximum absolute atomic E-state index is 14.7. The molecule has 1 saturated heterocycles. The molecule has 0 aromatic heterocycles. The second-order valence-corrected chi connectivity index (χ2v) is 32.4. The zero-order chi connectivity index (χ0) is 97.9. The van der Waals surface area contributed by atoms with E-state index in [9.17, 15) is 142 Å². The number of carboxylic acids is 3. The van der Waals surface area contributed by atoms with Crippen molar-refractivity contribution in [1.29, 1.82) is 0 Å². The molecular weight excluding hydrogens is 1750 g/mol. The fraction of sp³-hybridized carbons (Fsp3) is 0.542. The first-order valence-corrected chi connectivity index (χ1v) is 43.1. The zero-order valence-electron chi connectivity index (χ0n) is 73.3. The van der Waals surface area contributed by atoms with Crippen LogP contribution >= 0.6 is 11.8 Å². The van der Waals surface area contributed by atoms with Crippen LogP contribution in [0.4, 0.5) is 9.59 Å². The fourth-order valence-corrected chi connectivity index (χ4v) is 13.5. The van der Waals surface area contributed by atoms with Crippen LogP contribution in [0.1, 0.15) is 129 Å². The molecule has 0 radical (unpaired) electrons. The number of thioether (sulfide) groups is 1. The zero-order valence-corrected chi connectivity index (χ0v) is 74.1. The number of nitrogens with zero attached hydrogens (tertiary/aromatic N) is 1. The second kappa shape index (κ2) is 56.3. The number of rotatable bonds is 58. The van der Waals surface area contributed by atoms with Gasteiger partial charge in [-0.1, -0.05) is 107 Å². The summed E-state index contributed by atoms with van der Waals surface area (Å²) in [5, 5.41) is 130. The number of aliphatic hydroxyl groups is 4. The summed E-state index contributed by atoms with van der Waals surface area (Å²) in [4.78, 5) is 269. The van der Waals surface area contributed by atoms with E-state index in [1.807, 2.05) is 0 Å².